The fourth-order valence-electron chi connectivity index (χ4n) is 2.25. The van der Waals surface area contributed by atoms with Gasteiger partial charge in [0.2, 0.25) is 5.91 Å². The van der Waals surface area contributed by atoms with Crippen molar-refractivity contribution in [1.82, 2.24) is 10.6 Å². The van der Waals surface area contributed by atoms with E-state index in [9.17, 15) is 28.6 Å². The van der Waals surface area contributed by atoms with Gasteiger partial charge in [-0.1, -0.05) is 13.8 Å². The van der Waals surface area contributed by atoms with Crippen molar-refractivity contribution in [1.29, 1.82) is 0 Å². The maximum Gasteiger partial charge on any atom is 0.254 e. The molecule has 0 unspecified atom stereocenters. The quantitative estimate of drug-likeness (QED) is 0.473. The highest BCUT2D eigenvalue weighted by Gasteiger charge is 2.26. The third-order valence-electron chi connectivity index (χ3n) is 3.72. The second-order valence-electron chi connectivity index (χ2n) is 8.04. The lowest BCUT2D eigenvalue weighted by molar-refractivity contribution is -0.192. The van der Waals surface area contributed by atoms with E-state index in [1.807, 2.05) is 13.8 Å². The maximum atomic E-state index is 13.7. The van der Waals surface area contributed by atoms with Crippen molar-refractivity contribution < 1.29 is 33.3 Å². The van der Waals surface area contributed by atoms with Gasteiger partial charge in [-0.3, -0.25) is 9.59 Å². The molecule has 0 aromatic heterocycles. The SMILES string of the molecule is C[C@@H](CNC(=O)CC(C)(C)COC(C)(C)O)NC(=O)c1cc(O)c(F)cc1F. The molecule has 2 amide bonds. The molecule has 4 N–H and O–H groups in total. The molecule has 1 aromatic carbocycles. The monoisotopic (exact) mass is 402 g/mol. The van der Waals surface area contributed by atoms with Crippen LogP contribution in [-0.4, -0.2) is 47.0 Å². The highest BCUT2D eigenvalue weighted by Crippen LogP contribution is 2.23. The molecular weight excluding hydrogens is 374 g/mol. The molecule has 0 bridgehead atoms. The third-order valence-corrected chi connectivity index (χ3v) is 3.72. The van der Waals surface area contributed by atoms with Crippen molar-refractivity contribution >= 4 is 11.8 Å². The summed E-state index contributed by atoms with van der Waals surface area (Å²) >= 11 is 0. The Bertz CT molecular complexity index is 717. The second kappa shape index (κ2) is 9.29. The number of aliphatic hydroxyl groups is 1. The number of phenols is 1. The maximum absolute atomic E-state index is 13.7. The molecule has 0 fully saturated rings. The summed E-state index contributed by atoms with van der Waals surface area (Å²) in [7, 11) is 0. The molecule has 0 aliphatic rings. The molecule has 0 saturated heterocycles. The van der Waals surface area contributed by atoms with Crippen LogP contribution in [0.1, 0.15) is 51.4 Å². The topological polar surface area (TPSA) is 108 Å². The fourth-order valence-corrected chi connectivity index (χ4v) is 2.25. The van der Waals surface area contributed by atoms with Gasteiger partial charge in [-0.2, -0.15) is 0 Å². The smallest absolute Gasteiger partial charge is 0.254 e. The number of aromatic hydroxyl groups is 1. The zero-order valence-electron chi connectivity index (χ0n) is 16.7. The Balaban J connectivity index is 2.51. The molecule has 0 radical (unpaired) electrons. The molecule has 0 heterocycles. The van der Waals surface area contributed by atoms with Crippen LogP contribution < -0.4 is 10.6 Å². The van der Waals surface area contributed by atoms with E-state index in [1.54, 1.807) is 6.92 Å². The number of hydrogen-bond acceptors (Lipinski definition) is 5. The van der Waals surface area contributed by atoms with Gasteiger partial charge in [0.15, 0.2) is 17.4 Å². The molecule has 158 valence electrons. The van der Waals surface area contributed by atoms with Crippen LogP contribution in [0.3, 0.4) is 0 Å². The number of hydrogen-bond donors (Lipinski definition) is 4. The molecule has 9 heteroatoms. The van der Waals surface area contributed by atoms with Gasteiger partial charge in [0.25, 0.3) is 5.91 Å². The molecule has 0 aliphatic carbocycles. The van der Waals surface area contributed by atoms with Gasteiger partial charge in [0.1, 0.15) is 5.82 Å². The van der Waals surface area contributed by atoms with E-state index in [-0.39, 0.29) is 25.5 Å². The normalized spacial score (nSPS) is 13.1. The van der Waals surface area contributed by atoms with Crippen LogP contribution >= 0.6 is 0 Å². The first kappa shape index (κ1) is 23.8. The van der Waals surface area contributed by atoms with Crippen molar-refractivity contribution in [2.24, 2.45) is 5.41 Å². The van der Waals surface area contributed by atoms with E-state index in [2.05, 4.69) is 10.6 Å². The Labute approximate surface area is 163 Å². The summed E-state index contributed by atoms with van der Waals surface area (Å²) in [5.74, 6) is -5.51. The van der Waals surface area contributed by atoms with E-state index in [4.69, 9.17) is 4.74 Å². The number of nitrogens with one attached hydrogen (secondary N) is 2. The van der Waals surface area contributed by atoms with Gasteiger partial charge in [-0.25, -0.2) is 8.78 Å². The van der Waals surface area contributed by atoms with Crippen molar-refractivity contribution in [2.45, 2.75) is 52.9 Å². The van der Waals surface area contributed by atoms with Crippen LogP contribution in [0.25, 0.3) is 0 Å². The van der Waals surface area contributed by atoms with Crippen molar-refractivity contribution in [3.63, 3.8) is 0 Å². The summed E-state index contributed by atoms with van der Waals surface area (Å²) in [6.45, 7) is 8.47. The van der Waals surface area contributed by atoms with Crippen molar-refractivity contribution in [2.75, 3.05) is 13.2 Å². The molecule has 0 spiro atoms. The van der Waals surface area contributed by atoms with E-state index in [1.165, 1.54) is 13.8 Å². The Morgan fingerprint density at radius 3 is 2.36 bits per heavy atom. The number of benzene rings is 1. The summed E-state index contributed by atoms with van der Waals surface area (Å²) in [6.07, 6.45) is 0.129. The van der Waals surface area contributed by atoms with Gasteiger partial charge >= 0.3 is 0 Å². The van der Waals surface area contributed by atoms with Gasteiger partial charge in [0.05, 0.1) is 12.2 Å². The highest BCUT2D eigenvalue weighted by molar-refractivity contribution is 5.95. The van der Waals surface area contributed by atoms with Gasteiger partial charge in [0, 0.05) is 25.1 Å². The minimum Gasteiger partial charge on any atom is -0.505 e. The highest BCUT2D eigenvalue weighted by atomic mass is 19.1. The van der Waals surface area contributed by atoms with E-state index >= 15 is 0 Å². The lowest BCUT2D eigenvalue weighted by Crippen LogP contribution is -2.43. The number of rotatable bonds is 9. The molecule has 0 aliphatic heterocycles. The fraction of sp³-hybridized carbons (Fsp3) is 0.579. The molecule has 1 aromatic rings. The molecular formula is C19H28F2N2O5. The summed E-state index contributed by atoms with van der Waals surface area (Å²) in [4.78, 5) is 24.2. The lowest BCUT2D eigenvalue weighted by atomic mass is 9.90. The lowest BCUT2D eigenvalue weighted by Gasteiger charge is -2.28. The van der Waals surface area contributed by atoms with Crippen LogP contribution in [0.15, 0.2) is 12.1 Å². The van der Waals surface area contributed by atoms with Crippen molar-refractivity contribution in [3.05, 3.63) is 29.3 Å². The van der Waals surface area contributed by atoms with Crippen LogP contribution in [-0.2, 0) is 9.53 Å². The standard InChI is InChI=1S/C19H28F2N2O5/c1-11(23-17(26)12-6-15(24)14(21)7-13(12)20)9-22-16(25)8-18(2,3)10-28-19(4,5)27/h6-7,11,24,27H,8-10H2,1-5H3,(H,22,25)(H,23,26)/t11-/m0/s1. The molecule has 28 heavy (non-hydrogen) atoms. The van der Waals surface area contributed by atoms with Crippen LogP contribution in [0.2, 0.25) is 0 Å². The summed E-state index contributed by atoms with van der Waals surface area (Å²) < 4.78 is 32.0. The number of ether oxygens (including phenoxy) is 1. The van der Waals surface area contributed by atoms with Crippen LogP contribution in [0.4, 0.5) is 8.78 Å². The van der Waals surface area contributed by atoms with Crippen LogP contribution in [0, 0.1) is 17.0 Å². The molecule has 1 atom stereocenters. The van der Waals surface area contributed by atoms with Gasteiger partial charge in [-0.15, -0.1) is 0 Å². The first-order chi connectivity index (χ1) is 12.7. The molecule has 1 rings (SSSR count). The zero-order chi connectivity index (χ0) is 21.7. The number of amides is 2. The van der Waals surface area contributed by atoms with Crippen LogP contribution in [0.5, 0.6) is 5.75 Å². The number of phenolic OH excluding ortho intramolecular Hbond substituents is 1. The molecule has 7 nitrogen and oxygen atoms in total. The third kappa shape index (κ3) is 8.18. The van der Waals surface area contributed by atoms with E-state index < -0.39 is 46.1 Å². The zero-order valence-corrected chi connectivity index (χ0v) is 16.7. The summed E-state index contributed by atoms with van der Waals surface area (Å²) in [5.41, 5.74) is -1.02. The van der Waals surface area contributed by atoms with Crippen molar-refractivity contribution in [3.8, 4) is 5.75 Å². The minimum absolute atomic E-state index is 0.0851. The Hall–Kier alpha value is -2.26. The predicted molar refractivity (Wildman–Crippen MR) is 98.6 cm³/mol. The van der Waals surface area contributed by atoms with Gasteiger partial charge < -0.3 is 25.6 Å². The average molecular weight is 402 g/mol. The number of halogens is 2. The Morgan fingerprint density at radius 1 is 1.18 bits per heavy atom. The Morgan fingerprint density at radius 2 is 1.79 bits per heavy atom. The second-order valence-corrected chi connectivity index (χ2v) is 8.04. The first-order valence-electron chi connectivity index (χ1n) is 8.82. The number of carbonyl (C=O) groups is 2. The van der Waals surface area contributed by atoms with E-state index in [0.717, 1.165) is 0 Å². The average Bonchev–Trinajstić information content (AvgIpc) is 2.53. The predicted octanol–water partition coefficient (Wildman–Crippen LogP) is 2.07. The first-order valence-corrected chi connectivity index (χ1v) is 8.82. The number of carbonyl (C=O) groups excluding carboxylic acids is 2. The Kier molecular flexibility index (Phi) is 7.89. The minimum atomic E-state index is -1.30. The summed E-state index contributed by atoms with van der Waals surface area (Å²) in [5, 5.41) is 24.0. The van der Waals surface area contributed by atoms with E-state index in [0.29, 0.717) is 12.1 Å². The molecule has 0 saturated carbocycles. The largest absolute Gasteiger partial charge is 0.505 e. The summed E-state index contributed by atoms with van der Waals surface area (Å²) in [6, 6.07) is 0.587. The van der Waals surface area contributed by atoms with Gasteiger partial charge in [-0.05, 0) is 32.3 Å².